The molecule has 1 aliphatic heterocycles. The van der Waals surface area contributed by atoms with E-state index in [0.717, 1.165) is 12.1 Å². The lowest BCUT2D eigenvalue weighted by atomic mass is 10.00. The minimum Gasteiger partial charge on any atom is -0.482 e. The van der Waals surface area contributed by atoms with E-state index in [2.05, 4.69) is 10.1 Å². The molecule has 1 aromatic carbocycles. The van der Waals surface area contributed by atoms with Crippen molar-refractivity contribution >= 4 is 23.9 Å². The number of nitrogens with zero attached hydrogens (tertiary/aromatic N) is 6. The average Bonchev–Trinajstić information content (AvgIpc) is 3.29. The van der Waals surface area contributed by atoms with Crippen molar-refractivity contribution in [1.82, 2.24) is 19.7 Å². The monoisotopic (exact) mass is 609 g/mol. The molecule has 2 bridgehead atoms. The molecule has 1 aliphatic rings. The number of hydrogen-bond acceptors (Lipinski definition) is 9. The van der Waals surface area contributed by atoms with Gasteiger partial charge in [-0.3, -0.25) is 9.48 Å². The van der Waals surface area contributed by atoms with Crippen molar-refractivity contribution in [2.75, 3.05) is 11.9 Å². The molecule has 12 nitrogen and oxygen atoms in total. The van der Waals surface area contributed by atoms with Crippen molar-refractivity contribution in [1.29, 1.82) is 5.26 Å². The topological polar surface area (TPSA) is 140 Å². The van der Waals surface area contributed by atoms with E-state index >= 15 is 0 Å². The molecule has 3 heterocycles. The number of aryl methyl sites for hydroxylation is 1. The highest BCUT2D eigenvalue weighted by molar-refractivity contribution is 6.10. The number of hydrogen-bond donors (Lipinski definition) is 0. The second kappa shape index (κ2) is 11.6. The van der Waals surface area contributed by atoms with E-state index in [9.17, 15) is 24.0 Å². The van der Waals surface area contributed by atoms with Crippen molar-refractivity contribution in [3.05, 3.63) is 58.8 Å². The molecular weight excluding hydrogens is 571 g/mol. The molecule has 232 valence electrons. The van der Waals surface area contributed by atoms with Gasteiger partial charge < -0.3 is 19.1 Å². The maximum absolute atomic E-state index is 14.6. The summed E-state index contributed by atoms with van der Waals surface area (Å²) in [5.41, 5.74) is -2.09. The number of anilines is 1. The third-order valence-corrected chi connectivity index (χ3v) is 6.27. The van der Waals surface area contributed by atoms with Crippen molar-refractivity contribution in [2.24, 2.45) is 6.98 Å². The van der Waals surface area contributed by atoms with Gasteiger partial charge in [0, 0.05) is 46.6 Å². The summed E-state index contributed by atoms with van der Waals surface area (Å²) in [7, 11) is 1.45. The SMILES string of the molecule is [2H]C([2H])([2H])n1nc2c(c1C#N)-c1cnc(N(C(=O)OC(C)(C)C)C(=O)OC(C)(C)C)c(c1)O[C@H](C)c1cc(F)ccc1C(=O)N(C)C2. The second-order valence-electron chi connectivity index (χ2n) is 12.2. The number of halogens is 1. The predicted molar refractivity (Wildman–Crippen MR) is 157 cm³/mol. The van der Waals surface area contributed by atoms with Crippen LogP contribution in [0.2, 0.25) is 0 Å². The fraction of sp³-hybridized carbons (Fsp3) is 0.419. The zero-order valence-electron chi connectivity index (χ0n) is 28.7. The van der Waals surface area contributed by atoms with Gasteiger partial charge in [-0.25, -0.2) is 19.0 Å². The van der Waals surface area contributed by atoms with Gasteiger partial charge in [0.15, 0.2) is 11.6 Å². The number of pyridine rings is 1. The number of rotatable bonds is 1. The summed E-state index contributed by atoms with van der Waals surface area (Å²) >= 11 is 0. The van der Waals surface area contributed by atoms with Crippen LogP contribution in [0.5, 0.6) is 5.75 Å². The average molecular weight is 610 g/mol. The molecule has 0 radical (unpaired) electrons. The maximum Gasteiger partial charge on any atom is 0.425 e. The molecular formula is C31H35FN6O6. The molecule has 44 heavy (non-hydrogen) atoms. The quantitative estimate of drug-likeness (QED) is 0.330. The Hall–Kier alpha value is -4.99. The van der Waals surface area contributed by atoms with Crippen LogP contribution in [0.3, 0.4) is 0 Å². The smallest absolute Gasteiger partial charge is 0.425 e. The minimum absolute atomic E-state index is 0.0285. The Kier molecular flexibility index (Phi) is 7.33. The Labute approximate surface area is 259 Å². The van der Waals surface area contributed by atoms with Crippen LogP contribution in [0.25, 0.3) is 11.1 Å². The molecule has 13 heteroatoms. The lowest BCUT2D eigenvalue weighted by Gasteiger charge is -2.29. The first-order valence-electron chi connectivity index (χ1n) is 15.1. The van der Waals surface area contributed by atoms with Gasteiger partial charge in [-0.15, -0.1) is 0 Å². The van der Waals surface area contributed by atoms with Crippen molar-refractivity contribution in [3.63, 3.8) is 0 Å². The van der Waals surface area contributed by atoms with E-state index in [1.165, 1.54) is 37.2 Å². The zero-order chi connectivity index (χ0) is 35.2. The number of nitriles is 1. The van der Waals surface area contributed by atoms with Crippen LogP contribution in [0, 0.1) is 17.1 Å². The van der Waals surface area contributed by atoms with Gasteiger partial charge in [-0.1, -0.05) is 0 Å². The molecule has 0 spiro atoms. The molecule has 0 fully saturated rings. The highest BCUT2D eigenvalue weighted by atomic mass is 19.1. The number of carbonyl (C=O) groups excluding carboxylic acids is 3. The zero-order valence-corrected chi connectivity index (χ0v) is 25.7. The standard InChI is InChI=1S/C31H35FN6O6/c1-17-21-13-19(32)10-11-20(21)27(39)36(8)16-22-25(23(14-33)37(9)35-22)18-12-24(42-17)26(34-15-18)38(28(40)43-30(2,3)4)29(41)44-31(5,6)7/h10-13,15,17H,16H2,1-9H3/t17-/m1/s1/i9D3. The van der Waals surface area contributed by atoms with Crippen LogP contribution < -0.4 is 9.64 Å². The Morgan fingerprint density at radius 3 is 2.36 bits per heavy atom. The maximum atomic E-state index is 14.6. The molecule has 0 saturated heterocycles. The van der Waals surface area contributed by atoms with Crippen molar-refractivity contribution < 1.29 is 37.1 Å². The Bertz CT molecular complexity index is 1760. The normalized spacial score (nSPS) is 16.4. The molecule has 1 atom stereocenters. The molecule has 4 rings (SSSR count). The Morgan fingerprint density at radius 1 is 1.16 bits per heavy atom. The number of amides is 3. The fourth-order valence-electron chi connectivity index (χ4n) is 4.49. The summed E-state index contributed by atoms with van der Waals surface area (Å²) < 4.78 is 56.3. The number of fused-ring (bicyclic) bond motifs is 5. The first kappa shape index (κ1) is 27.8. The van der Waals surface area contributed by atoms with Gasteiger partial charge in [-0.2, -0.15) is 15.3 Å². The molecule has 3 amide bonds. The lowest BCUT2D eigenvalue weighted by Crippen LogP contribution is -2.44. The molecule has 0 saturated carbocycles. The first-order valence-corrected chi connectivity index (χ1v) is 13.6. The van der Waals surface area contributed by atoms with E-state index in [-0.39, 0.29) is 51.8 Å². The number of ether oxygens (including phenoxy) is 3. The summed E-state index contributed by atoms with van der Waals surface area (Å²) in [6.07, 6.45) is -2.18. The van der Waals surface area contributed by atoms with Crippen LogP contribution in [0.15, 0.2) is 30.5 Å². The molecule has 0 unspecified atom stereocenters. The van der Waals surface area contributed by atoms with Crippen molar-refractivity contribution in [2.45, 2.75) is 72.3 Å². The van der Waals surface area contributed by atoms with Gasteiger partial charge in [0.05, 0.1) is 12.2 Å². The molecule has 3 aromatic rings. The highest BCUT2D eigenvalue weighted by Gasteiger charge is 2.37. The van der Waals surface area contributed by atoms with E-state index in [4.69, 9.17) is 18.3 Å². The predicted octanol–water partition coefficient (Wildman–Crippen LogP) is 5.90. The number of imide groups is 1. The third-order valence-electron chi connectivity index (χ3n) is 6.27. The van der Waals surface area contributed by atoms with Crippen molar-refractivity contribution in [3.8, 4) is 22.9 Å². The first-order chi connectivity index (χ1) is 21.6. The van der Waals surface area contributed by atoms with Gasteiger partial charge in [0.25, 0.3) is 5.91 Å². The van der Waals surface area contributed by atoms with Crippen LogP contribution >= 0.6 is 0 Å². The summed E-state index contributed by atoms with van der Waals surface area (Å²) in [5.74, 6) is -1.85. The molecule has 0 N–H and O–H groups in total. The molecule has 2 aromatic heterocycles. The fourth-order valence-corrected chi connectivity index (χ4v) is 4.49. The Morgan fingerprint density at radius 2 is 1.80 bits per heavy atom. The lowest BCUT2D eigenvalue weighted by molar-refractivity contribution is 0.0426. The summed E-state index contributed by atoms with van der Waals surface area (Å²) in [4.78, 5) is 46.9. The van der Waals surface area contributed by atoms with Crippen LogP contribution in [0.1, 0.15) is 86.0 Å². The van der Waals surface area contributed by atoms with Gasteiger partial charge in [0.1, 0.15) is 34.9 Å². The number of carbonyl (C=O) groups is 3. The summed E-state index contributed by atoms with van der Waals surface area (Å²) in [6.45, 7) is 7.98. The molecule has 0 aliphatic carbocycles. The van der Waals surface area contributed by atoms with Crippen LogP contribution in [-0.2, 0) is 23.0 Å². The van der Waals surface area contributed by atoms with E-state index in [1.807, 2.05) is 6.07 Å². The highest BCUT2D eigenvalue weighted by Crippen LogP contribution is 2.39. The number of aromatic nitrogens is 3. The number of benzene rings is 1. The third kappa shape index (κ3) is 6.64. The Balaban J connectivity index is 2.07. The minimum atomic E-state index is -2.87. The van der Waals surface area contributed by atoms with E-state index in [1.54, 1.807) is 41.5 Å². The largest absolute Gasteiger partial charge is 0.482 e. The summed E-state index contributed by atoms with van der Waals surface area (Å²) in [6, 6.07) is 6.73. The second-order valence-corrected chi connectivity index (χ2v) is 12.2. The van der Waals surface area contributed by atoms with Crippen LogP contribution in [-0.4, -0.2) is 56.0 Å². The van der Waals surface area contributed by atoms with Crippen LogP contribution in [0.4, 0.5) is 19.8 Å². The summed E-state index contributed by atoms with van der Waals surface area (Å²) in [5, 5.41) is 14.3. The van der Waals surface area contributed by atoms with Gasteiger partial charge in [-0.05, 0) is 72.7 Å². The van der Waals surface area contributed by atoms with Gasteiger partial charge >= 0.3 is 12.2 Å². The van der Waals surface area contributed by atoms with E-state index in [0.29, 0.717) is 9.58 Å². The van der Waals surface area contributed by atoms with Gasteiger partial charge in [0.2, 0.25) is 0 Å². The van der Waals surface area contributed by atoms with E-state index < -0.39 is 48.2 Å².